The Morgan fingerprint density at radius 1 is 0.549 bits per heavy atom. The van der Waals surface area contributed by atoms with Crippen LogP contribution in [0, 0.1) is 0 Å². The molecule has 1 saturated carbocycles. The lowest BCUT2D eigenvalue weighted by atomic mass is 9.85. The van der Waals surface area contributed by atoms with Crippen molar-refractivity contribution < 1.29 is 58.3 Å². The predicted molar refractivity (Wildman–Crippen MR) is 198 cm³/mol. The Morgan fingerprint density at radius 3 is 1.35 bits per heavy atom. The standard InChI is InChI=1S/C38H75O12P/c1-3-5-7-9-11-13-14-15-16-17-18-19-20-22-24-26-28-47-29-31(49-32(39)27-25-23-21-12-10-8-6-4-2)30-48-51(45,46)50-38-36(43)34(41)33(40)35(42)37(38)44/h31,33-38,40-44H,3-30H2,1-2H3,(H,45,46). The molecule has 0 amide bonds. The topological polar surface area (TPSA) is 192 Å². The Balaban J connectivity index is 2.39. The number of hydrogen-bond donors (Lipinski definition) is 6. The van der Waals surface area contributed by atoms with Crippen molar-refractivity contribution in [3.8, 4) is 0 Å². The summed E-state index contributed by atoms with van der Waals surface area (Å²) in [5, 5.41) is 49.9. The van der Waals surface area contributed by atoms with E-state index in [0.717, 1.165) is 38.5 Å². The van der Waals surface area contributed by atoms with Crippen LogP contribution in [0.4, 0.5) is 0 Å². The molecule has 13 heteroatoms. The van der Waals surface area contributed by atoms with Crippen LogP contribution >= 0.6 is 7.82 Å². The van der Waals surface area contributed by atoms with Gasteiger partial charge in [0.15, 0.2) is 0 Å². The molecule has 0 bridgehead atoms. The Kier molecular flexibility index (Phi) is 29.1. The number of phosphoric acid groups is 1. The average Bonchev–Trinajstić information content (AvgIpc) is 3.11. The van der Waals surface area contributed by atoms with Crippen LogP contribution < -0.4 is 0 Å². The van der Waals surface area contributed by atoms with Crippen LogP contribution in [0.3, 0.4) is 0 Å². The lowest BCUT2D eigenvalue weighted by molar-refractivity contribution is -0.220. The Bertz CT molecular complexity index is 864. The normalized spacial score (nSPS) is 24.0. The number of rotatable bonds is 34. The van der Waals surface area contributed by atoms with Gasteiger partial charge in [0.05, 0.1) is 13.2 Å². The van der Waals surface area contributed by atoms with E-state index in [1.807, 2.05) is 0 Å². The van der Waals surface area contributed by atoms with E-state index in [1.165, 1.54) is 109 Å². The first-order valence-electron chi connectivity index (χ1n) is 20.4. The minimum Gasteiger partial charge on any atom is -0.457 e. The van der Waals surface area contributed by atoms with Crippen LogP contribution in [0.25, 0.3) is 0 Å². The molecule has 0 aliphatic heterocycles. The van der Waals surface area contributed by atoms with Crippen LogP contribution in [0.1, 0.15) is 174 Å². The molecule has 0 aromatic carbocycles. The molecule has 0 heterocycles. The summed E-state index contributed by atoms with van der Waals surface area (Å²) in [6, 6.07) is 0. The van der Waals surface area contributed by atoms with E-state index in [2.05, 4.69) is 13.8 Å². The summed E-state index contributed by atoms with van der Waals surface area (Å²) in [6.07, 6.45) is 16.3. The molecule has 6 atom stereocenters. The van der Waals surface area contributed by atoms with E-state index in [-0.39, 0.29) is 13.0 Å². The van der Waals surface area contributed by atoms with E-state index >= 15 is 0 Å². The summed E-state index contributed by atoms with van der Waals surface area (Å²) in [5.74, 6) is -0.479. The van der Waals surface area contributed by atoms with Crippen molar-refractivity contribution in [1.82, 2.24) is 0 Å². The van der Waals surface area contributed by atoms with Gasteiger partial charge in [-0.15, -0.1) is 0 Å². The molecule has 0 radical (unpaired) electrons. The first-order valence-corrected chi connectivity index (χ1v) is 21.9. The molecule has 1 aliphatic rings. The van der Waals surface area contributed by atoms with Gasteiger partial charge in [0.1, 0.15) is 42.7 Å². The maximum Gasteiger partial charge on any atom is 0.472 e. The third-order valence-electron chi connectivity index (χ3n) is 9.73. The fourth-order valence-corrected chi connectivity index (χ4v) is 7.39. The van der Waals surface area contributed by atoms with Gasteiger partial charge < -0.3 is 39.9 Å². The summed E-state index contributed by atoms with van der Waals surface area (Å²) in [4.78, 5) is 22.9. The molecule has 1 aliphatic carbocycles. The van der Waals surface area contributed by atoms with Gasteiger partial charge in [-0.3, -0.25) is 13.8 Å². The predicted octanol–water partition coefficient (Wildman–Crippen LogP) is 7.03. The maximum absolute atomic E-state index is 12.7. The van der Waals surface area contributed by atoms with E-state index in [0.29, 0.717) is 13.0 Å². The largest absolute Gasteiger partial charge is 0.472 e. The average molecular weight is 755 g/mol. The van der Waals surface area contributed by atoms with Crippen LogP contribution in [-0.2, 0) is 27.9 Å². The highest BCUT2D eigenvalue weighted by Gasteiger charge is 2.51. The Morgan fingerprint density at radius 2 is 0.922 bits per heavy atom. The van der Waals surface area contributed by atoms with Crippen molar-refractivity contribution in [2.24, 2.45) is 0 Å². The second-order valence-electron chi connectivity index (χ2n) is 14.5. The summed E-state index contributed by atoms with van der Waals surface area (Å²) < 4.78 is 33.9. The zero-order valence-corrected chi connectivity index (χ0v) is 32.8. The van der Waals surface area contributed by atoms with Gasteiger partial charge in [0.25, 0.3) is 0 Å². The van der Waals surface area contributed by atoms with Gasteiger partial charge in [-0.1, -0.05) is 155 Å². The van der Waals surface area contributed by atoms with Gasteiger partial charge in [0.2, 0.25) is 0 Å². The van der Waals surface area contributed by atoms with Gasteiger partial charge in [0, 0.05) is 13.0 Å². The first-order chi connectivity index (χ1) is 24.5. The number of phosphoric ester groups is 1. The molecular weight excluding hydrogens is 679 g/mol. The Hall–Kier alpha value is -0.660. The molecule has 304 valence electrons. The van der Waals surface area contributed by atoms with E-state index in [9.17, 15) is 39.8 Å². The van der Waals surface area contributed by atoms with E-state index in [1.54, 1.807) is 0 Å². The third-order valence-corrected chi connectivity index (χ3v) is 10.7. The van der Waals surface area contributed by atoms with Crippen molar-refractivity contribution in [2.45, 2.75) is 217 Å². The highest BCUT2D eigenvalue weighted by atomic mass is 31.2. The van der Waals surface area contributed by atoms with Crippen LogP contribution in [0.2, 0.25) is 0 Å². The summed E-state index contributed by atoms with van der Waals surface area (Å²) in [6.45, 7) is 4.22. The molecule has 0 aromatic heterocycles. The second-order valence-corrected chi connectivity index (χ2v) is 15.9. The number of unbranched alkanes of at least 4 members (excludes halogenated alkanes) is 22. The van der Waals surface area contributed by atoms with Crippen molar-refractivity contribution in [3.63, 3.8) is 0 Å². The fraction of sp³-hybridized carbons (Fsp3) is 0.974. The SMILES string of the molecule is CCCCCCCCCCCCCCCCCCOCC(COP(=O)(O)OC1C(O)C(O)C(O)C(O)C1O)OC(=O)CCCCCCCCCC. The van der Waals surface area contributed by atoms with Crippen LogP contribution in [0.15, 0.2) is 0 Å². The smallest absolute Gasteiger partial charge is 0.457 e. The van der Waals surface area contributed by atoms with Crippen molar-refractivity contribution in [2.75, 3.05) is 19.8 Å². The number of carbonyl (C=O) groups excluding carboxylic acids is 1. The molecule has 51 heavy (non-hydrogen) atoms. The molecule has 0 saturated heterocycles. The zero-order chi connectivity index (χ0) is 37.7. The van der Waals surface area contributed by atoms with Crippen LogP contribution in [-0.4, -0.2) is 98.9 Å². The minimum atomic E-state index is -5.00. The number of ether oxygens (including phenoxy) is 2. The quantitative estimate of drug-likeness (QED) is 0.0224. The number of aliphatic hydroxyl groups is 5. The highest BCUT2D eigenvalue weighted by molar-refractivity contribution is 7.47. The molecular formula is C38H75O12P. The molecule has 0 spiro atoms. The molecule has 6 unspecified atom stereocenters. The van der Waals surface area contributed by atoms with Crippen molar-refractivity contribution in [1.29, 1.82) is 0 Å². The molecule has 0 aromatic rings. The monoisotopic (exact) mass is 754 g/mol. The van der Waals surface area contributed by atoms with Crippen molar-refractivity contribution in [3.05, 3.63) is 0 Å². The van der Waals surface area contributed by atoms with E-state index < -0.39 is 63.1 Å². The number of carbonyl (C=O) groups is 1. The second kappa shape index (κ2) is 30.6. The maximum atomic E-state index is 12.7. The van der Waals surface area contributed by atoms with Crippen LogP contribution in [0.5, 0.6) is 0 Å². The Labute approximate surface area is 308 Å². The van der Waals surface area contributed by atoms with Crippen molar-refractivity contribution >= 4 is 13.8 Å². The van der Waals surface area contributed by atoms with E-state index in [4.69, 9.17) is 18.5 Å². The lowest BCUT2D eigenvalue weighted by Gasteiger charge is -2.41. The summed E-state index contributed by atoms with van der Waals surface area (Å²) in [5.41, 5.74) is 0. The highest BCUT2D eigenvalue weighted by Crippen LogP contribution is 2.47. The molecule has 1 fully saturated rings. The summed E-state index contributed by atoms with van der Waals surface area (Å²) >= 11 is 0. The fourth-order valence-electron chi connectivity index (χ4n) is 6.41. The number of hydrogen-bond acceptors (Lipinski definition) is 11. The van der Waals surface area contributed by atoms with Gasteiger partial charge in [-0.2, -0.15) is 0 Å². The van der Waals surface area contributed by atoms with Gasteiger partial charge in [-0.05, 0) is 12.8 Å². The lowest BCUT2D eigenvalue weighted by Crippen LogP contribution is -2.64. The molecule has 6 N–H and O–H groups in total. The molecule has 12 nitrogen and oxygen atoms in total. The molecule has 1 rings (SSSR count). The zero-order valence-electron chi connectivity index (χ0n) is 31.9. The van der Waals surface area contributed by atoms with Gasteiger partial charge >= 0.3 is 13.8 Å². The summed E-state index contributed by atoms with van der Waals surface area (Å²) in [7, 11) is -5.00. The van der Waals surface area contributed by atoms with Gasteiger partial charge in [-0.25, -0.2) is 4.57 Å². The number of aliphatic hydroxyl groups excluding tert-OH is 5. The first kappa shape index (κ1) is 48.4. The minimum absolute atomic E-state index is 0.0692. The third kappa shape index (κ3) is 23.7. The number of esters is 1.